The van der Waals surface area contributed by atoms with Crippen molar-refractivity contribution in [2.24, 2.45) is 0 Å². The third-order valence-corrected chi connectivity index (χ3v) is 3.90. The number of fused-ring (bicyclic) bond motifs is 1. The normalized spacial score (nSPS) is 17.0. The zero-order valence-corrected chi connectivity index (χ0v) is 12.4. The first-order chi connectivity index (χ1) is 10.2. The van der Waals surface area contributed by atoms with E-state index in [1.807, 2.05) is 19.2 Å². The highest BCUT2D eigenvalue weighted by Crippen LogP contribution is 2.21. The molecule has 1 saturated heterocycles. The van der Waals surface area contributed by atoms with Crippen LogP contribution in [-0.4, -0.2) is 53.1 Å². The molecule has 1 aliphatic heterocycles. The van der Waals surface area contributed by atoms with Gasteiger partial charge in [0, 0.05) is 13.1 Å². The molecule has 3 heterocycles. The maximum absolute atomic E-state index is 6.02. The summed E-state index contributed by atoms with van der Waals surface area (Å²) in [6.45, 7) is 2.17. The van der Waals surface area contributed by atoms with E-state index in [1.54, 1.807) is 0 Å². The lowest BCUT2D eigenvalue weighted by Crippen LogP contribution is -2.37. The maximum atomic E-state index is 6.02. The van der Waals surface area contributed by atoms with Crippen LogP contribution in [0.4, 0.5) is 17.6 Å². The molecule has 0 spiro atoms. The number of nitrogens with zero attached hydrogens (tertiary/aromatic N) is 4. The second-order valence-electron chi connectivity index (χ2n) is 5.47. The van der Waals surface area contributed by atoms with Crippen LogP contribution in [0.5, 0.6) is 0 Å². The van der Waals surface area contributed by atoms with E-state index in [2.05, 4.69) is 37.5 Å². The molecule has 3 rings (SSSR count). The number of piperidine rings is 1. The van der Waals surface area contributed by atoms with Crippen LogP contribution in [0.15, 0.2) is 12.1 Å². The number of aromatic nitrogens is 3. The van der Waals surface area contributed by atoms with Gasteiger partial charge in [-0.3, -0.25) is 0 Å². The van der Waals surface area contributed by atoms with Crippen molar-refractivity contribution in [2.45, 2.75) is 18.9 Å². The Hall–Kier alpha value is -2.15. The highest BCUT2D eigenvalue weighted by molar-refractivity contribution is 5.87. The Bertz CT molecular complexity index is 635. The van der Waals surface area contributed by atoms with Gasteiger partial charge in [-0.25, -0.2) is 4.98 Å². The van der Waals surface area contributed by atoms with Gasteiger partial charge in [0.25, 0.3) is 0 Å². The molecule has 4 N–H and O–H groups in total. The lowest BCUT2D eigenvalue weighted by atomic mass is 10.1. The van der Waals surface area contributed by atoms with Gasteiger partial charge in [-0.1, -0.05) is 0 Å². The molecule has 7 heteroatoms. The average Bonchev–Trinajstić information content (AvgIpc) is 2.49. The topological polar surface area (TPSA) is 92.0 Å². The van der Waals surface area contributed by atoms with Crippen molar-refractivity contribution in [3.05, 3.63) is 12.1 Å². The van der Waals surface area contributed by atoms with E-state index in [-0.39, 0.29) is 0 Å². The van der Waals surface area contributed by atoms with Gasteiger partial charge in [0.2, 0.25) is 5.95 Å². The molecule has 112 valence electrons. The van der Waals surface area contributed by atoms with Gasteiger partial charge in [-0.15, -0.1) is 0 Å². The minimum atomic E-state index is 0.394. The summed E-state index contributed by atoms with van der Waals surface area (Å²) in [5, 5.41) is 7.17. The van der Waals surface area contributed by atoms with Gasteiger partial charge >= 0.3 is 0 Å². The molecule has 1 fully saturated rings. The molecule has 0 atom stereocenters. The predicted molar refractivity (Wildman–Crippen MR) is 85.4 cm³/mol. The van der Waals surface area contributed by atoms with Gasteiger partial charge in [0.15, 0.2) is 5.65 Å². The number of anilines is 3. The molecule has 21 heavy (non-hydrogen) atoms. The van der Waals surface area contributed by atoms with Crippen LogP contribution in [0.25, 0.3) is 11.0 Å². The second kappa shape index (κ2) is 5.69. The van der Waals surface area contributed by atoms with Crippen LogP contribution in [0.3, 0.4) is 0 Å². The number of hydrogen-bond acceptors (Lipinski definition) is 7. The number of nitrogen functional groups attached to an aromatic ring is 1. The van der Waals surface area contributed by atoms with Crippen molar-refractivity contribution in [1.82, 2.24) is 19.9 Å². The van der Waals surface area contributed by atoms with Crippen LogP contribution in [-0.2, 0) is 0 Å². The highest BCUT2D eigenvalue weighted by atomic mass is 15.2. The van der Waals surface area contributed by atoms with E-state index in [9.17, 15) is 0 Å². The van der Waals surface area contributed by atoms with Gasteiger partial charge in [0.05, 0.1) is 5.39 Å². The Labute approximate surface area is 124 Å². The zero-order chi connectivity index (χ0) is 14.8. The van der Waals surface area contributed by atoms with E-state index in [0.29, 0.717) is 23.5 Å². The smallest absolute Gasteiger partial charge is 0.226 e. The van der Waals surface area contributed by atoms with Crippen LogP contribution < -0.4 is 16.4 Å². The quantitative estimate of drug-likeness (QED) is 0.780. The summed E-state index contributed by atoms with van der Waals surface area (Å²) in [6.07, 6.45) is 2.17. The SMILES string of the molecule is CNc1ccc2c(N)nc(NC3CCN(C)CC3)nc2n1. The number of rotatable bonds is 3. The Morgan fingerprint density at radius 3 is 2.67 bits per heavy atom. The van der Waals surface area contributed by atoms with Crippen molar-refractivity contribution in [3.8, 4) is 0 Å². The minimum absolute atomic E-state index is 0.394. The Morgan fingerprint density at radius 2 is 1.95 bits per heavy atom. The van der Waals surface area contributed by atoms with Crippen LogP contribution >= 0.6 is 0 Å². The van der Waals surface area contributed by atoms with E-state index in [0.717, 1.165) is 37.1 Å². The average molecular weight is 287 g/mol. The standard InChI is InChI=1S/C14H21N7/c1-16-11-4-3-10-12(15)19-14(20-13(10)18-11)17-9-5-7-21(2)8-6-9/h3-4,9H,5-8H2,1-2H3,(H4,15,16,17,18,19,20). The Balaban J connectivity index is 1.85. The van der Waals surface area contributed by atoms with E-state index in [1.165, 1.54) is 0 Å². The van der Waals surface area contributed by atoms with Crippen LogP contribution in [0, 0.1) is 0 Å². The molecule has 0 aliphatic carbocycles. The van der Waals surface area contributed by atoms with E-state index in [4.69, 9.17) is 5.73 Å². The van der Waals surface area contributed by atoms with Gasteiger partial charge in [-0.05, 0) is 45.1 Å². The third-order valence-electron chi connectivity index (χ3n) is 3.90. The van der Waals surface area contributed by atoms with Gasteiger partial charge in [-0.2, -0.15) is 9.97 Å². The summed E-state index contributed by atoms with van der Waals surface area (Å²) in [4.78, 5) is 15.6. The molecular formula is C14H21N7. The zero-order valence-electron chi connectivity index (χ0n) is 12.4. The number of nitrogens with one attached hydrogen (secondary N) is 2. The van der Waals surface area contributed by atoms with Crippen LogP contribution in [0.2, 0.25) is 0 Å². The van der Waals surface area contributed by atoms with E-state index < -0.39 is 0 Å². The molecule has 7 nitrogen and oxygen atoms in total. The predicted octanol–water partition coefficient (Wildman–Crippen LogP) is 1.15. The number of likely N-dealkylation sites (tertiary alicyclic amines) is 1. The van der Waals surface area contributed by atoms with Crippen molar-refractivity contribution in [2.75, 3.05) is 43.6 Å². The molecule has 2 aromatic rings. The molecule has 2 aromatic heterocycles. The third kappa shape index (κ3) is 2.97. The lowest BCUT2D eigenvalue weighted by molar-refractivity contribution is 0.263. The molecular weight excluding hydrogens is 266 g/mol. The first kappa shape index (κ1) is 13.8. The first-order valence-corrected chi connectivity index (χ1v) is 7.23. The molecule has 0 saturated carbocycles. The number of hydrogen-bond donors (Lipinski definition) is 3. The van der Waals surface area contributed by atoms with E-state index >= 15 is 0 Å². The maximum Gasteiger partial charge on any atom is 0.226 e. The van der Waals surface area contributed by atoms with Crippen molar-refractivity contribution in [1.29, 1.82) is 0 Å². The highest BCUT2D eigenvalue weighted by Gasteiger charge is 2.18. The lowest BCUT2D eigenvalue weighted by Gasteiger charge is -2.29. The summed E-state index contributed by atoms with van der Waals surface area (Å²) in [5.74, 6) is 1.80. The number of nitrogens with two attached hydrogens (primary N) is 1. The summed E-state index contributed by atoms with van der Waals surface area (Å²) in [5.41, 5.74) is 6.63. The fourth-order valence-electron chi connectivity index (χ4n) is 2.57. The summed E-state index contributed by atoms with van der Waals surface area (Å²) in [6, 6.07) is 4.15. The fourth-order valence-corrected chi connectivity index (χ4v) is 2.57. The summed E-state index contributed by atoms with van der Waals surface area (Å²) >= 11 is 0. The molecule has 0 aromatic carbocycles. The molecule has 1 aliphatic rings. The Morgan fingerprint density at radius 1 is 1.19 bits per heavy atom. The van der Waals surface area contributed by atoms with Crippen molar-refractivity contribution < 1.29 is 0 Å². The van der Waals surface area contributed by atoms with Gasteiger partial charge in [0.1, 0.15) is 11.6 Å². The van der Waals surface area contributed by atoms with Crippen LogP contribution in [0.1, 0.15) is 12.8 Å². The summed E-state index contributed by atoms with van der Waals surface area (Å²) in [7, 11) is 3.97. The summed E-state index contributed by atoms with van der Waals surface area (Å²) < 4.78 is 0. The Kier molecular flexibility index (Phi) is 3.74. The molecule has 0 amide bonds. The van der Waals surface area contributed by atoms with Crippen molar-refractivity contribution >= 4 is 28.6 Å². The molecule has 0 radical (unpaired) electrons. The molecule has 0 unspecified atom stereocenters. The fraction of sp³-hybridized carbons (Fsp3) is 0.500. The minimum Gasteiger partial charge on any atom is -0.383 e. The first-order valence-electron chi connectivity index (χ1n) is 7.23. The van der Waals surface area contributed by atoms with Crippen molar-refractivity contribution in [3.63, 3.8) is 0 Å². The molecule has 0 bridgehead atoms. The monoisotopic (exact) mass is 287 g/mol. The second-order valence-corrected chi connectivity index (χ2v) is 5.47. The number of pyridine rings is 1. The largest absolute Gasteiger partial charge is 0.383 e. The van der Waals surface area contributed by atoms with Gasteiger partial charge < -0.3 is 21.3 Å².